The van der Waals surface area contributed by atoms with Gasteiger partial charge in [0.05, 0.1) is 6.04 Å². The topological polar surface area (TPSA) is 77.0 Å². The summed E-state index contributed by atoms with van der Waals surface area (Å²) in [7, 11) is 0. The summed E-state index contributed by atoms with van der Waals surface area (Å²) >= 11 is 0. The van der Waals surface area contributed by atoms with Crippen molar-refractivity contribution in [3.05, 3.63) is 59.3 Å². The van der Waals surface area contributed by atoms with E-state index in [2.05, 4.69) is 34.7 Å². The normalized spacial score (nSPS) is 19.4. The predicted octanol–water partition coefficient (Wildman–Crippen LogP) is 1.97. The smallest absolute Gasteiger partial charge is 0.128 e. The molecule has 104 valence electrons. The Bertz CT molecular complexity index is 597. The molecule has 1 aliphatic rings. The first-order valence-electron chi connectivity index (χ1n) is 7.03. The highest BCUT2D eigenvalue weighted by atomic mass is 15.2. The molecule has 1 heterocycles. The van der Waals surface area contributed by atoms with Crippen LogP contribution in [0.15, 0.2) is 42.6 Å². The molecule has 0 spiro atoms. The number of fused-ring (bicyclic) bond motifs is 1. The molecule has 0 amide bonds. The molecular weight excluding hydrogens is 248 g/mol. The maximum absolute atomic E-state index is 5.99. The average Bonchev–Trinajstić information content (AvgIpc) is 2.50. The summed E-state index contributed by atoms with van der Waals surface area (Å²) in [5.41, 5.74) is 12.8. The van der Waals surface area contributed by atoms with E-state index in [-0.39, 0.29) is 6.04 Å². The van der Waals surface area contributed by atoms with Crippen LogP contribution in [0.25, 0.3) is 0 Å². The molecule has 0 bridgehead atoms. The lowest BCUT2D eigenvalue weighted by atomic mass is 9.78. The van der Waals surface area contributed by atoms with E-state index in [1.165, 1.54) is 11.1 Å². The molecule has 5 N–H and O–H groups in total. The van der Waals surface area contributed by atoms with E-state index in [0.717, 1.165) is 24.8 Å². The van der Waals surface area contributed by atoms with E-state index in [0.29, 0.717) is 11.7 Å². The summed E-state index contributed by atoms with van der Waals surface area (Å²) < 4.78 is 0. The lowest BCUT2D eigenvalue weighted by Crippen LogP contribution is -2.36. The van der Waals surface area contributed by atoms with Crippen molar-refractivity contribution >= 4 is 5.82 Å². The summed E-state index contributed by atoms with van der Waals surface area (Å²) in [6.07, 6.45) is 4.95. The molecule has 3 rings (SSSR count). The number of benzene rings is 1. The lowest BCUT2D eigenvalue weighted by Gasteiger charge is -2.31. The molecule has 1 aromatic heterocycles. The van der Waals surface area contributed by atoms with Gasteiger partial charge in [0.1, 0.15) is 5.82 Å². The number of aromatic nitrogens is 1. The van der Waals surface area contributed by atoms with Crippen molar-refractivity contribution in [2.45, 2.75) is 25.3 Å². The zero-order valence-corrected chi connectivity index (χ0v) is 11.4. The minimum Gasteiger partial charge on any atom is -0.383 e. The Morgan fingerprint density at radius 2 is 1.95 bits per heavy atom. The highest BCUT2D eigenvalue weighted by Crippen LogP contribution is 2.35. The minimum absolute atomic E-state index is 0.0528. The number of hydrogen-bond acceptors (Lipinski definition) is 4. The quantitative estimate of drug-likeness (QED) is 0.587. The molecule has 2 atom stereocenters. The fraction of sp³-hybridized carbons (Fsp3) is 0.312. The number of nitrogens with zero attached hydrogens (tertiary/aromatic N) is 1. The first-order chi connectivity index (χ1) is 9.79. The maximum Gasteiger partial charge on any atom is 0.128 e. The number of hydrazine groups is 1. The number of rotatable bonds is 3. The van der Waals surface area contributed by atoms with Gasteiger partial charge in [0.2, 0.25) is 0 Å². The van der Waals surface area contributed by atoms with Gasteiger partial charge < -0.3 is 5.73 Å². The molecule has 4 nitrogen and oxygen atoms in total. The van der Waals surface area contributed by atoms with Crippen LogP contribution in [-0.4, -0.2) is 4.98 Å². The van der Waals surface area contributed by atoms with Gasteiger partial charge in [-0.05, 0) is 42.4 Å². The van der Waals surface area contributed by atoms with Crippen LogP contribution < -0.4 is 17.0 Å². The third-order valence-electron chi connectivity index (χ3n) is 4.24. The number of nitrogens with one attached hydrogen (secondary N) is 1. The molecule has 0 fully saturated rings. The second-order valence-corrected chi connectivity index (χ2v) is 5.39. The third kappa shape index (κ3) is 2.40. The third-order valence-corrected chi connectivity index (χ3v) is 4.24. The summed E-state index contributed by atoms with van der Waals surface area (Å²) in [6, 6.07) is 12.6. The number of nitrogens with two attached hydrogens (primary N) is 2. The summed E-state index contributed by atoms with van der Waals surface area (Å²) in [5.74, 6) is 6.80. The van der Waals surface area contributed by atoms with Gasteiger partial charge in [-0.25, -0.2) is 4.98 Å². The molecule has 0 saturated carbocycles. The van der Waals surface area contributed by atoms with Crippen molar-refractivity contribution in [1.82, 2.24) is 10.4 Å². The SMILES string of the molecule is NNC(c1cccnc1N)C1CCc2ccccc2C1. The Labute approximate surface area is 119 Å². The van der Waals surface area contributed by atoms with Crippen molar-refractivity contribution in [3.63, 3.8) is 0 Å². The summed E-state index contributed by atoms with van der Waals surface area (Å²) in [4.78, 5) is 4.17. The van der Waals surface area contributed by atoms with Crippen LogP contribution in [0.1, 0.15) is 29.2 Å². The average molecular weight is 268 g/mol. The first-order valence-corrected chi connectivity index (χ1v) is 7.03. The fourth-order valence-corrected chi connectivity index (χ4v) is 3.18. The monoisotopic (exact) mass is 268 g/mol. The summed E-state index contributed by atoms with van der Waals surface area (Å²) in [6.45, 7) is 0. The molecule has 0 radical (unpaired) electrons. The second-order valence-electron chi connectivity index (χ2n) is 5.39. The van der Waals surface area contributed by atoms with Crippen molar-refractivity contribution in [1.29, 1.82) is 0 Å². The van der Waals surface area contributed by atoms with Gasteiger partial charge in [0, 0.05) is 11.8 Å². The largest absolute Gasteiger partial charge is 0.383 e. The van der Waals surface area contributed by atoms with Crippen molar-refractivity contribution in [2.75, 3.05) is 5.73 Å². The van der Waals surface area contributed by atoms with E-state index in [9.17, 15) is 0 Å². The van der Waals surface area contributed by atoms with Crippen LogP contribution >= 0.6 is 0 Å². The number of pyridine rings is 1. The van der Waals surface area contributed by atoms with Crippen LogP contribution in [0.2, 0.25) is 0 Å². The Morgan fingerprint density at radius 1 is 1.15 bits per heavy atom. The van der Waals surface area contributed by atoms with Crippen LogP contribution in [-0.2, 0) is 12.8 Å². The Hall–Kier alpha value is -1.91. The fourth-order valence-electron chi connectivity index (χ4n) is 3.18. The van der Waals surface area contributed by atoms with Crippen LogP contribution in [0.3, 0.4) is 0 Å². The predicted molar refractivity (Wildman–Crippen MR) is 80.7 cm³/mol. The number of anilines is 1. The van der Waals surface area contributed by atoms with E-state index < -0.39 is 0 Å². The molecule has 1 aliphatic carbocycles. The van der Waals surface area contributed by atoms with Gasteiger partial charge in [-0.2, -0.15) is 0 Å². The van der Waals surface area contributed by atoms with Crippen molar-refractivity contribution in [3.8, 4) is 0 Å². The van der Waals surface area contributed by atoms with Gasteiger partial charge in [0.15, 0.2) is 0 Å². The van der Waals surface area contributed by atoms with Crippen LogP contribution in [0, 0.1) is 5.92 Å². The summed E-state index contributed by atoms with van der Waals surface area (Å²) in [5, 5.41) is 0. The van der Waals surface area contributed by atoms with E-state index in [1.54, 1.807) is 6.20 Å². The Balaban J connectivity index is 1.87. The maximum atomic E-state index is 5.99. The van der Waals surface area contributed by atoms with E-state index in [1.807, 2.05) is 12.1 Å². The molecule has 2 unspecified atom stereocenters. The molecule has 2 aromatic rings. The highest BCUT2D eigenvalue weighted by Gasteiger charge is 2.27. The Morgan fingerprint density at radius 3 is 2.70 bits per heavy atom. The molecule has 0 saturated heterocycles. The number of hydrogen-bond donors (Lipinski definition) is 3. The van der Waals surface area contributed by atoms with Crippen molar-refractivity contribution < 1.29 is 0 Å². The van der Waals surface area contributed by atoms with Gasteiger partial charge in [0.25, 0.3) is 0 Å². The number of aryl methyl sites for hydroxylation is 1. The Kier molecular flexibility index (Phi) is 3.67. The van der Waals surface area contributed by atoms with Gasteiger partial charge in [-0.1, -0.05) is 30.3 Å². The first kappa shape index (κ1) is 13.1. The second kappa shape index (κ2) is 5.61. The standard InChI is InChI=1S/C16H20N4/c17-16-14(6-3-9-19-16)15(20-18)13-8-7-11-4-1-2-5-12(11)10-13/h1-6,9,13,15,20H,7-8,10,18H2,(H2,17,19). The molecule has 4 heteroatoms. The van der Waals surface area contributed by atoms with E-state index in [4.69, 9.17) is 11.6 Å². The zero-order valence-electron chi connectivity index (χ0n) is 11.4. The number of nitrogen functional groups attached to an aromatic ring is 1. The molecule has 0 aliphatic heterocycles. The van der Waals surface area contributed by atoms with Gasteiger partial charge in [-0.3, -0.25) is 11.3 Å². The van der Waals surface area contributed by atoms with Gasteiger partial charge in [-0.15, -0.1) is 0 Å². The van der Waals surface area contributed by atoms with Gasteiger partial charge >= 0.3 is 0 Å². The zero-order chi connectivity index (χ0) is 13.9. The van der Waals surface area contributed by atoms with E-state index >= 15 is 0 Å². The molecule has 1 aromatic carbocycles. The van der Waals surface area contributed by atoms with Crippen LogP contribution in [0.5, 0.6) is 0 Å². The lowest BCUT2D eigenvalue weighted by molar-refractivity contribution is 0.330. The van der Waals surface area contributed by atoms with Crippen LogP contribution in [0.4, 0.5) is 5.82 Å². The highest BCUT2D eigenvalue weighted by molar-refractivity contribution is 5.42. The van der Waals surface area contributed by atoms with Crippen molar-refractivity contribution in [2.24, 2.45) is 11.8 Å². The molecular formula is C16H20N4. The minimum atomic E-state index is 0.0528. The molecule has 20 heavy (non-hydrogen) atoms.